The molecule has 8 bridgehead atoms. The molecule has 0 aliphatic carbocycles. The number of aliphatic hydroxyl groups excluding tert-OH is 2. The van der Waals surface area contributed by atoms with E-state index in [1.807, 2.05) is 80.5 Å². The van der Waals surface area contributed by atoms with Gasteiger partial charge in [0.2, 0.25) is 41.4 Å². The molecule has 16 N–H and O–H groups in total. The number of aryl methyl sites for hydroxylation is 2. The van der Waals surface area contributed by atoms with E-state index in [2.05, 4.69) is 10.3 Å². The molecule has 1 aromatic carbocycles. The van der Waals surface area contributed by atoms with Gasteiger partial charge < -0.3 is 83.6 Å². The Kier molecular flexibility index (Phi) is 23.8. The van der Waals surface area contributed by atoms with Gasteiger partial charge in [0.1, 0.15) is 18.3 Å². The Balaban J connectivity index is 0.00000278. The number of allylic oxidation sites excluding steroid dienone is 6. The number of rotatable bonds is 26. The number of phosphoric ester groups is 1. The van der Waals surface area contributed by atoms with Crippen molar-refractivity contribution in [2.45, 2.75) is 196 Å². The smallest absolute Gasteiger partial charge is 0.756 e. The normalized spacial score (nSPS) is 30.6. The number of nitrogens with two attached hydrogens (primary N) is 6. The number of nitrogens with one attached hydrogen (secondary N) is 1. The van der Waals surface area contributed by atoms with E-state index in [9.17, 15) is 53.2 Å². The Morgan fingerprint density at radius 2 is 1.36 bits per heavy atom. The van der Waals surface area contributed by atoms with E-state index >= 15 is 0 Å². The summed E-state index contributed by atoms with van der Waals surface area (Å²) in [6.07, 6.45) is -4.79. The number of carboxylic acids is 1. The summed E-state index contributed by atoms with van der Waals surface area (Å²) in [6, 6.07) is 2.65. The minimum absolute atomic E-state index is 0. The number of ether oxygens (including phenoxy) is 1. The average Bonchev–Trinajstić information content (AvgIpc) is 1.53. The standard InChI is InChI=1S/C62H90N13O14P.C2H4O2.Co/c1-29-20-39-40(21-30(29)2)75(28-70-39)57-52(84)53(41(27-76)87-57)89-90(85,86)88-31(3)26-69-49(83)18-19-59(8)37(22-46(66)80)56-62(11)61(10,25-48(68)82)36(14-17-45(65)79)51(74-62)33(5)55-60(9,24-47(67)81)34(12-15-43(63)77)38(71-55)23-42-58(6,7)35(13-16-44(64)78)50(72-42)32(4)54(59)73-56;1-2(3)4;/h20-21,23,28,31,34-37,41,52-53,56-57,76,84H,12-19,22,24-27H2,1-11H3,(H15,63,64,65,66,67,68,69,71,72,73,74,77,78,79,80,81,82,83,85,86);1H3,(H,3,4);/q;;+2/p-2/t31-,34-,35-,36-,37+,41-,52-,53-,56-,57+,59-,60+,61+,62+;;/m1../s1. The third-order valence-corrected chi connectivity index (χ3v) is 21.6. The van der Waals surface area contributed by atoms with E-state index in [1.165, 1.54) is 17.8 Å². The van der Waals surface area contributed by atoms with E-state index in [1.54, 1.807) is 6.92 Å². The molecule has 15 atom stereocenters. The van der Waals surface area contributed by atoms with Crippen LogP contribution in [-0.4, -0.2) is 138 Å². The zero-order valence-electron chi connectivity index (χ0n) is 55.9. The number of imidazole rings is 1. The van der Waals surface area contributed by atoms with Crippen molar-refractivity contribution in [3.8, 4) is 0 Å². The first-order chi connectivity index (χ1) is 43.6. The van der Waals surface area contributed by atoms with Crippen LogP contribution >= 0.6 is 7.82 Å². The first-order valence-corrected chi connectivity index (χ1v) is 32.9. The SMILES string of the molecule is CC(=O)O.CC1=C2[N-][C@H]([C@H](CC(N)=O)[C@@]2(C)CCC(=O)NC[C@@H](C)OP(=O)([O-])O[C@H]2[C@@H](O)[C@@H](n3cnc4cc(C)c(C)cc43)O[C@@H]2CO)[C@]2(C)N=C(C(C)=C3N=C(C=C4N=C1[C@@H](CCC(N)=O)C4(C)C)[C@@H](CCC(N)=O)[C@]3(C)CC(N)=O)[C@@H](CCC(N)=O)[C@]2(C)CC(N)=O.[Co+2]. The van der Waals surface area contributed by atoms with Gasteiger partial charge in [0, 0.05) is 115 Å². The third-order valence-electron chi connectivity index (χ3n) is 20.5. The van der Waals surface area contributed by atoms with Crippen LogP contribution in [0, 0.1) is 59.2 Å². The van der Waals surface area contributed by atoms with Crippen molar-refractivity contribution < 1.29 is 93.7 Å². The first kappa shape index (κ1) is 77.0. The number of benzene rings is 1. The quantitative estimate of drug-likeness (QED) is 0.0603. The van der Waals surface area contributed by atoms with Gasteiger partial charge in [-0.25, -0.2) is 4.98 Å². The number of aliphatic hydroxyl groups is 2. The van der Waals surface area contributed by atoms with Crippen LogP contribution in [0.15, 0.2) is 67.8 Å². The predicted molar refractivity (Wildman–Crippen MR) is 345 cm³/mol. The Bertz CT molecular complexity index is 3650. The number of aliphatic imine (C=N–C) groups is 3. The van der Waals surface area contributed by atoms with Crippen molar-refractivity contribution in [1.82, 2.24) is 14.9 Å². The van der Waals surface area contributed by atoms with Gasteiger partial charge in [-0.2, -0.15) is 5.70 Å². The van der Waals surface area contributed by atoms with Crippen LogP contribution in [0.1, 0.15) is 157 Å². The van der Waals surface area contributed by atoms with Crippen molar-refractivity contribution in [2.24, 2.45) is 94.7 Å². The number of carbonyl (C=O) groups is 8. The fourth-order valence-corrected chi connectivity index (χ4v) is 16.4. The molecule has 7 amide bonds. The zero-order chi connectivity index (χ0) is 70.3. The van der Waals surface area contributed by atoms with Gasteiger partial charge in [0.15, 0.2) is 6.23 Å². The van der Waals surface area contributed by atoms with Crippen LogP contribution in [0.3, 0.4) is 0 Å². The average molecular weight is 1390 g/mol. The molecule has 95 heavy (non-hydrogen) atoms. The Labute approximate surface area is 562 Å². The number of carbonyl (C=O) groups excluding carboxylic acids is 7. The van der Waals surface area contributed by atoms with E-state index in [4.69, 9.17) is 78.4 Å². The Hall–Kier alpha value is -7.02. The zero-order valence-corrected chi connectivity index (χ0v) is 57.8. The molecule has 1 aromatic heterocycles. The molecule has 2 saturated heterocycles. The summed E-state index contributed by atoms with van der Waals surface area (Å²) in [7, 11) is -5.32. The number of nitrogens with zero attached hydrogens (tertiary/aromatic N) is 6. The molecule has 2 aromatic rings. The van der Waals surface area contributed by atoms with Crippen molar-refractivity contribution >= 4 is 83.3 Å². The van der Waals surface area contributed by atoms with Crippen molar-refractivity contribution in [2.75, 3.05) is 13.2 Å². The van der Waals surface area contributed by atoms with E-state index in [-0.39, 0.29) is 94.0 Å². The van der Waals surface area contributed by atoms with Crippen LogP contribution < -0.4 is 44.6 Å². The number of amides is 7. The number of hydrogen-bond acceptors (Lipinski definition) is 19. The van der Waals surface area contributed by atoms with Crippen LogP contribution in [0.5, 0.6) is 0 Å². The molecule has 1 unspecified atom stereocenters. The molecule has 523 valence electrons. The number of aromatic nitrogens is 2. The molecule has 0 saturated carbocycles. The van der Waals surface area contributed by atoms with E-state index < -0.39 is 149 Å². The van der Waals surface area contributed by atoms with Gasteiger partial charge in [-0.1, -0.05) is 40.7 Å². The molecule has 8 rings (SSSR count). The van der Waals surface area contributed by atoms with E-state index in [0.717, 1.165) is 18.1 Å². The van der Waals surface area contributed by atoms with Crippen molar-refractivity contribution in [3.05, 3.63) is 69.2 Å². The van der Waals surface area contributed by atoms with Crippen LogP contribution in [-0.2, 0) is 73.5 Å². The second-order valence-corrected chi connectivity index (χ2v) is 28.8. The summed E-state index contributed by atoms with van der Waals surface area (Å²) in [5.41, 5.74) is 36.7. The van der Waals surface area contributed by atoms with Crippen LogP contribution in [0.2, 0.25) is 0 Å². The largest absolute Gasteiger partial charge is 2.00 e. The summed E-state index contributed by atoms with van der Waals surface area (Å²) in [6.45, 7) is 20.0. The predicted octanol–water partition coefficient (Wildman–Crippen LogP) is 3.40. The molecular weight excluding hydrogens is 1300 g/mol. The molecule has 2 fully saturated rings. The number of fused-ring (bicyclic) bond motifs is 7. The maximum Gasteiger partial charge on any atom is 2.00 e. The maximum absolute atomic E-state index is 14.4. The Morgan fingerprint density at radius 3 is 1.92 bits per heavy atom. The minimum Gasteiger partial charge on any atom is -0.756 e. The molecule has 6 aliphatic heterocycles. The number of primary amides is 6. The first-order valence-electron chi connectivity index (χ1n) is 31.4. The minimum atomic E-state index is -5.32. The van der Waals surface area contributed by atoms with Gasteiger partial charge in [-0.05, 0) is 119 Å². The summed E-state index contributed by atoms with van der Waals surface area (Å²) in [5, 5.41) is 37.5. The molecule has 1 radical (unpaired) electrons. The molecular formula is C64H92CoN13O16P. The topological polar surface area (TPSA) is 502 Å². The summed E-state index contributed by atoms with van der Waals surface area (Å²) in [5.74, 6) is -8.24. The van der Waals surface area contributed by atoms with Crippen LogP contribution in [0.4, 0.5) is 0 Å². The second kappa shape index (κ2) is 29.4. The van der Waals surface area contributed by atoms with Crippen molar-refractivity contribution in [3.63, 3.8) is 0 Å². The molecule has 29 nitrogen and oxygen atoms in total. The second-order valence-electron chi connectivity index (χ2n) is 27.5. The number of phosphoric acid groups is 1. The number of aliphatic carboxylic acids is 1. The molecule has 6 aliphatic rings. The molecule has 0 spiro atoms. The molecule has 7 heterocycles. The Morgan fingerprint density at radius 1 is 0.789 bits per heavy atom. The summed E-state index contributed by atoms with van der Waals surface area (Å²) < 4.78 is 31.9. The fourth-order valence-electron chi connectivity index (χ4n) is 15.3. The van der Waals surface area contributed by atoms with Gasteiger partial charge in [-0.3, -0.25) is 57.9 Å². The molecule has 31 heteroatoms. The van der Waals surface area contributed by atoms with Gasteiger partial charge in [-0.15, -0.1) is 0 Å². The summed E-state index contributed by atoms with van der Waals surface area (Å²) >= 11 is 0. The van der Waals surface area contributed by atoms with Gasteiger partial charge >= 0.3 is 16.8 Å². The third kappa shape index (κ3) is 15.7. The fraction of sp³-hybridized carbons (Fsp3) is 0.625. The summed E-state index contributed by atoms with van der Waals surface area (Å²) in [4.78, 5) is 137. The monoisotopic (exact) mass is 1390 g/mol. The van der Waals surface area contributed by atoms with Crippen LogP contribution in [0.25, 0.3) is 16.4 Å². The maximum atomic E-state index is 14.4. The van der Waals surface area contributed by atoms with E-state index in [0.29, 0.717) is 56.4 Å². The van der Waals surface area contributed by atoms with Crippen molar-refractivity contribution in [1.29, 1.82) is 0 Å². The number of carboxylic acid groups (broad SMARTS) is 1. The number of hydrogen-bond donors (Lipinski definition) is 10. The van der Waals surface area contributed by atoms with Gasteiger partial charge in [0.05, 0.1) is 41.3 Å². The van der Waals surface area contributed by atoms with Gasteiger partial charge in [0.25, 0.3) is 13.8 Å².